The molecule has 1 aliphatic rings. The minimum Gasteiger partial charge on any atom is -0.481 e. The van der Waals surface area contributed by atoms with Gasteiger partial charge in [-0.05, 0) is 6.92 Å². The Bertz CT molecular complexity index is 650. The molecule has 7 heteroatoms. The second-order valence-corrected chi connectivity index (χ2v) is 4.21. The Morgan fingerprint density at radius 1 is 1.42 bits per heavy atom. The Balaban J connectivity index is 1.93. The van der Waals surface area contributed by atoms with Crippen LogP contribution in [0.2, 0.25) is 0 Å². The van der Waals surface area contributed by atoms with E-state index >= 15 is 0 Å². The van der Waals surface area contributed by atoms with Gasteiger partial charge in [0.2, 0.25) is 5.88 Å². The largest absolute Gasteiger partial charge is 0.481 e. The number of carbonyl (C=O) groups is 1. The minimum atomic E-state index is -0.209. The van der Waals surface area contributed by atoms with Crippen LogP contribution in [0.3, 0.4) is 0 Å². The summed E-state index contributed by atoms with van der Waals surface area (Å²) in [7, 11) is 0. The Morgan fingerprint density at radius 2 is 2.26 bits per heavy atom. The van der Waals surface area contributed by atoms with Gasteiger partial charge in [0.15, 0.2) is 12.4 Å². The number of aryl methyl sites for hydroxylation is 1. The second-order valence-electron chi connectivity index (χ2n) is 4.21. The van der Waals surface area contributed by atoms with E-state index in [1.54, 1.807) is 18.2 Å². The Kier molecular flexibility index (Phi) is 2.52. The number of nitrogens with two attached hydrogens (primary N) is 1. The fraction of sp³-hybridized carbons (Fsp3) is 0.167. The number of amides is 1. The number of aromatic nitrogens is 2. The highest BCUT2D eigenvalue weighted by molar-refractivity contribution is 5.96. The van der Waals surface area contributed by atoms with Crippen LogP contribution in [-0.2, 0) is 4.79 Å². The van der Waals surface area contributed by atoms with Gasteiger partial charge in [0.1, 0.15) is 5.75 Å². The summed E-state index contributed by atoms with van der Waals surface area (Å²) < 4.78 is 10.8. The molecule has 3 rings (SSSR count). The van der Waals surface area contributed by atoms with Gasteiger partial charge in [-0.25, -0.2) is 0 Å². The van der Waals surface area contributed by atoms with E-state index in [4.69, 9.17) is 15.2 Å². The summed E-state index contributed by atoms with van der Waals surface area (Å²) in [6.45, 7) is 1.86. The van der Waals surface area contributed by atoms with Gasteiger partial charge in [-0.15, -0.1) is 5.10 Å². The van der Waals surface area contributed by atoms with Crippen LogP contribution in [0.25, 0.3) is 0 Å². The van der Waals surface area contributed by atoms with Crippen LogP contribution in [0, 0.1) is 6.92 Å². The van der Waals surface area contributed by atoms with Crippen molar-refractivity contribution in [3.8, 4) is 17.4 Å². The quantitative estimate of drug-likeness (QED) is 0.709. The summed E-state index contributed by atoms with van der Waals surface area (Å²) in [5, 5.41) is 9.42. The van der Waals surface area contributed by atoms with E-state index < -0.39 is 0 Å². The number of hydrogen-bond acceptors (Lipinski definition) is 5. The molecule has 1 amide bonds. The number of rotatable bonds is 2. The third-order valence-electron chi connectivity index (χ3n) is 2.64. The van der Waals surface area contributed by atoms with Gasteiger partial charge < -0.3 is 20.5 Å². The van der Waals surface area contributed by atoms with Gasteiger partial charge in [0, 0.05) is 23.9 Å². The van der Waals surface area contributed by atoms with Crippen molar-refractivity contribution in [3.63, 3.8) is 0 Å². The van der Waals surface area contributed by atoms with Crippen LogP contribution < -0.4 is 20.5 Å². The van der Waals surface area contributed by atoms with E-state index in [9.17, 15) is 4.79 Å². The van der Waals surface area contributed by atoms with E-state index in [0.29, 0.717) is 28.8 Å². The van der Waals surface area contributed by atoms with Gasteiger partial charge >= 0.3 is 0 Å². The van der Waals surface area contributed by atoms with E-state index in [1.807, 2.05) is 6.92 Å². The fourth-order valence-corrected chi connectivity index (χ4v) is 1.77. The molecule has 0 bridgehead atoms. The predicted octanol–water partition coefficient (Wildman–Crippen LogP) is 1.42. The van der Waals surface area contributed by atoms with Crippen LogP contribution >= 0.6 is 0 Å². The number of nitrogen functional groups attached to an aromatic ring is 1. The number of ether oxygens (including phenoxy) is 2. The molecular formula is C12H12N4O3. The van der Waals surface area contributed by atoms with Gasteiger partial charge in [-0.2, -0.15) is 0 Å². The van der Waals surface area contributed by atoms with Crippen molar-refractivity contribution in [2.45, 2.75) is 6.92 Å². The summed E-state index contributed by atoms with van der Waals surface area (Å²) in [5.74, 6) is 1.14. The molecule has 1 aliphatic heterocycles. The zero-order valence-electron chi connectivity index (χ0n) is 10.2. The number of aromatic amines is 1. The van der Waals surface area contributed by atoms with Crippen LogP contribution in [0.1, 0.15) is 5.69 Å². The highest BCUT2D eigenvalue weighted by atomic mass is 16.5. The number of carbonyl (C=O) groups excluding carboxylic acids is 1. The first-order valence-electron chi connectivity index (χ1n) is 5.68. The molecule has 0 spiro atoms. The number of nitrogens with zero attached hydrogens (tertiary/aromatic N) is 1. The van der Waals surface area contributed by atoms with E-state index in [2.05, 4.69) is 15.5 Å². The average Bonchev–Trinajstić information content (AvgIpc) is 2.76. The van der Waals surface area contributed by atoms with Crippen LogP contribution in [-0.4, -0.2) is 22.7 Å². The first-order valence-corrected chi connectivity index (χ1v) is 5.68. The molecule has 0 saturated heterocycles. The molecule has 19 heavy (non-hydrogen) atoms. The van der Waals surface area contributed by atoms with Crippen LogP contribution in [0.5, 0.6) is 17.4 Å². The summed E-state index contributed by atoms with van der Waals surface area (Å²) in [6.07, 6.45) is 0. The van der Waals surface area contributed by atoms with E-state index in [1.165, 1.54) is 0 Å². The highest BCUT2D eigenvalue weighted by Gasteiger charge is 2.19. The molecule has 98 valence electrons. The van der Waals surface area contributed by atoms with Crippen LogP contribution in [0.15, 0.2) is 18.2 Å². The summed E-state index contributed by atoms with van der Waals surface area (Å²) in [5.41, 5.74) is 7.70. The number of hydrogen-bond donors (Lipinski definition) is 3. The van der Waals surface area contributed by atoms with Gasteiger partial charge in [0.05, 0.1) is 11.4 Å². The van der Waals surface area contributed by atoms with Crippen LogP contribution in [0.4, 0.5) is 11.4 Å². The van der Waals surface area contributed by atoms with Crippen molar-refractivity contribution < 1.29 is 14.3 Å². The number of H-pyrrole nitrogens is 1. The normalized spacial score (nSPS) is 13.4. The summed E-state index contributed by atoms with van der Waals surface area (Å²) >= 11 is 0. The van der Waals surface area contributed by atoms with Crippen molar-refractivity contribution in [2.75, 3.05) is 17.7 Å². The highest BCUT2D eigenvalue weighted by Crippen LogP contribution is 2.38. The molecular weight excluding hydrogens is 248 g/mol. The zero-order chi connectivity index (χ0) is 13.4. The maximum Gasteiger partial charge on any atom is 0.262 e. The van der Waals surface area contributed by atoms with Crippen molar-refractivity contribution in [1.29, 1.82) is 0 Å². The van der Waals surface area contributed by atoms with Crippen molar-refractivity contribution in [2.24, 2.45) is 0 Å². The van der Waals surface area contributed by atoms with Gasteiger partial charge in [-0.3, -0.25) is 9.89 Å². The molecule has 1 aromatic carbocycles. The monoisotopic (exact) mass is 260 g/mol. The second kappa shape index (κ2) is 4.20. The lowest BCUT2D eigenvalue weighted by Gasteiger charge is -2.19. The SMILES string of the molecule is Cc1cc(Oc2cc3c(cc2N)OCC(=O)N3)n[nH]1. The Morgan fingerprint density at radius 3 is 3.00 bits per heavy atom. The van der Waals surface area contributed by atoms with Crippen molar-refractivity contribution in [1.82, 2.24) is 10.2 Å². The van der Waals surface area contributed by atoms with E-state index in [-0.39, 0.29) is 12.5 Å². The molecule has 1 aromatic heterocycles. The Hall–Kier alpha value is -2.70. The minimum absolute atomic E-state index is 0.00873. The molecule has 0 fully saturated rings. The molecule has 0 radical (unpaired) electrons. The number of nitrogens with one attached hydrogen (secondary N) is 2. The first-order chi connectivity index (χ1) is 9.11. The average molecular weight is 260 g/mol. The molecule has 2 aromatic rings. The van der Waals surface area contributed by atoms with Gasteiger partial charge in [-0.1, -0.05) is 0 Å². The van der Waals surface area contributed by atoms with E-state index in [0.717, 1.165) is 5.69 Å². The first kappa shape index (κ1) is 11.4. The molecule has 7 nitrogen and oxygen atoms in total. The standard InChI is InChI=1S/C12H12N4O3/c1-6-2-12(16-15-6)19-9-4-8-10(3-7(9)13)18-5-11(17)14-8/h2-4H,5,13H2,1H3,(H,14,17)(H,15,16). The van der Waals surface area contributed by atoms with Crippen molar-refractivity contribution in [3.05, 3.63) is 23.9 Å². The number of fused-ring (bicyclic) bond motifs is 1. The fourth-order valence-electron chi connectivity index (χ4n) is 1.77. The molecule has 4 N–H and O–H groups in total. The third kappa shape index (κ3) is 2.17. The lowest BCUT2D eigenvalue weighted by atomic mass is 10.2. The lowest BCUT2D eigenvalue weighted by molar-refractivity contribution is -0.118. The zero-order valence-corrected chi connectivity index (χ0v) is 10.2. The molecule has 0 atom stereocenters. The maximum atomic E-state index is 11.3. The summed E-state index contributed by atoms with van der Waals surface area (Å²) in [6, 6.07) is 4.98. The topological polar surface area (TPSA) is 102 Å². The molecule has 2 heterocycles. The van der Waals surface area contributed by atoms with Crippen molar-refractivity contribution >= 4 is 17.3 Å². The Labute approximate surface area is 108 Å². The number of anilines is 2. The predicted molar refractivity (Wildman–Crippen MR) is 68.4 cm³/mol. The maximum absolute atomic E-state index is 11.3. The molecule has 0 saturated carbocycles. The lowest BCUT2D eigenvalue weighted by Crippen LogP contribution is -2.25. The summed E-state index contributed by atoms with van der Waals surface area (Å²) in [4.78, 5) is 11.3. The molecule has 0 aliphatic carbocycles. The molecule has 0 unspecified atom stereocenters. The third-order valence-corrected chi connectivity index (χ3v) is 2.64. The van der Waals surface area contributed by atoms with Gasteiger partial charge in [0.25, 0.3) is 5.91 Å². The number of benzene rings is 1. The smallest absolute Gasteiger partial charge is 0.262 e.